The molecule has 138 valence electrons. The van der Waals surface area contributed by atoms with Crippen LogP contribution < -0.4 is 10.2 Å². The van der Waals surface area contributed by atoms with Gasteiger partial charge in [0.1, 0.15) is 5.82 Å². The number of carbonyl (C=O) groups is 1. The summed E-state index contributed by atoms with van der Waals surface area (Å²) in [6.45, 7) is 5.40. The zero-order chi connectivity index (χ0) is 19.1. The number of benzene rings is 2. The van der Waals surface area contributed by atoms with Crippen LogP contribution in [0.2, 0.25) is 0 Å². The summed E-state index contributed by atoms with van der Waals surface area (Å²) in [5.41, 5.74) is 3.96. The number of nitrogens with zero attached hydrogens (tertiary/aromatic N) is 2. The summed E-state index contributed by atoms with van der Waals surface area (Å²) in [5.74, 6) is 0.702. The summed E-state index contributed by atoms with van der Waals surface area (Å²) in [7, 11) is 0. The first-order valence-corrected chi connectivity index (χ1v) is 9.29. The molecule has 0 fully saturated rings. The third-order valence-electron chi connectivity index (χ3n) is 4.44. The molecule has 0 aliphatic heterocycles. The van der Waals surface area contributed by atoms with Crippen molar-refractivity contribution < 1.29 is 4.79 Å². The van der Waals surface area contributed by atoms with Crippen molar-refractivity contribution in [2.75, 3.05) is 23.3 Å². The number of hydrogen-bond acceptors (Lipinski definition) is 3. The first-order chi connectivity index (χ1) is 13.2. The maximum atomic E-state index is 13.0. The van der Waals surface area contributed by atoms with Gasteiger partial charge in [-0.1, -0.05) is 42.5 Å². The molecule has 3 aromatic rings. The first kappa shape index (κ1) is 18.6. The smallest absolute Gasteiger partial charge is 0.258 e. The Morgan fingerprint density at radius 2 is 1.85 bits per heavy atom. The van der Waals surface area contributed by atoms with Crippen LogP contribution in [0.3, 0.4) is 0 Å². The number of pyridine rings is 1. The number of anilines is 2. The van der Waals surface area contributed by atoms with Crippen molar-refractivity contribution in [3.8, 4) is 0 Å². The Morgan fingerprint density at radius 1 is 1.04 bits per heavy atom. The monoisotopic (exact) mass is 359 g/mol. The van der Waals surface area contributed by atoms with Gasteiger partial charge in [0.2, 0.25) is 0 Å². The van der Waals surface area contributed by atoms with Crippen LogP contribution in [0.15, 0.2) is 72.9 Å². The zero-order valence-corrected chi connectivity index (χ0v) is 15.9. The number of hydrogen-bond donors (Lipinski definition) is 1. The molecule has 1 aromatic heterocycles. The standard InChI is InChI=1S/C23H25N3O/c1-3-26(21-11-7-8-18(2)16-21)23(27)20-13-15-25-22(17-20)24-14-12-19-9-5-4-6-10-19/h4-11,13,15-17H,3,12,14H2,1-2H3,(H,24,25). The zero-order valence-electron chi connectivity index (χ0n) is 15.9. The average molecular weight is 359 g/mol. The van der Waals surface area contributed by atoms with Gasteiger partial charge in [-0.25, -0.2) is 4.98 Å². The van der Waals surface area contributed by atoms with Crippen LogP contribution in [0.5, 0.6) is 0 Å². The maximum absolute atomic E-state index is 13.0. The highest BCUT2D eigenvalue weighted by Gasteiger charge is 2.16. The molecule has 0 spiro atoms. The number of aromatic nitrogens is 1. The SMILES string of the molecule is CCN(C(=O)c1ccnc(NCCc2ccccc2)c1)c1cccc(C)c1. The van der Waals surface area contributed by atoms with E-state index in [0.717, 1.165) is 30.0 Å². The lowest BCUT2D eigenvalue weighted by atomic mass is 10.1. The molecule has 4 heteroatoms. The molecule has 4 nitrogen and oxygen atoms in total. The van der Waals surface area contributed by atoms with Crippen LogP contribution in [0, 0.1) is 6.92 Å². The summed E-state index contributed by atoms with van der Waals surface area (Å²) >= 11 is 0. The summed E-state index contributed by atoms with van der Waals surface area (Å²) in [5, 5.41) is 3.31. The largest absolute Gasteiger partial charge is 0.370 e. The number of nitrogens with one attached hydrogen (secondary N) is 1. The molecule has 0 radical (unpaired) electrons. The molecule has 0 bridgehead atoms. The quantitative estimate of drug-likeness (QED) is 0.664. The van der Waals surface area contributed by atoms with E-state index in [-0.39, 0.29) is 5.91 Å². The van der Waals surface area contributed by atoms with Crippen molar-refractivity contribution in [2.24, 2.45) is 0 Å². The second-order valence-electron chi connectivity index (χ2n) is 6.48. The molecule has 3 rings (SSSR count). The van der Waals surface area contributed by atoms with Crippen LogP contribution in [0.1, 0.15) is 28.4 Å². The fourth-order valence-electron chi connectivity index (χ4n) is 3.03. The Kier molecular flexibility index (Phi) is 6.21. The second kappa shape index (κ2) is 8.99. The van der Waals surface area contributed by atoms with E-state index in [0.29, 0.717) is 12.1 Å². The van der Waals surface area contributed by atoms with Crippen molar-refractivity contribution in [3.63, 3.8) is 0 Å². The lowest BCUT2D eigenvalue weighted by Crippen LogP contribution is -2.30. The number of carbonyl (C=O) groups excluding carboxylic acids is 1. The molecule has 0 aliphatic carbocycles. The van der Waals surface area contributed by atoms with Gasteiger partial charge in [0.15, 0.2) is 0 Å². The minimum absolute atomic E-state index is 0.0170. The van der Waals surface area contributed by atoms with E-state index in [1.165, 1.54) is 5.56 Å². The van der Waals surface area contributed by atoms with Gasteiger partial charge in [-0.15, -0.1) is 0 Å². The maximum Gasteiger partial charge on any atom is 0.258 e. The van der Waals surface area contributed by atoms with Crippen molar-refractivity contribution in [1.29, 1.82) is 0 Å². The van der Waals surface area contributed by atoms with E-state index in [1.807, 2.05) is 62.4 Å². The Balaban J connectivity index is 1.69. The fraction of sp³-hybridized carbons (Fsp3) is 0.217. The lowest BCUT2D eigenvalue weighted by molar-refractivity contribution is 0.0988. The fourth-order valence-corrected chi connectivity index (χ4v) is 3.03. The van der Waals surface area contributed by atoms with E-state index in [2.05, 4.69) is 22.4 Å². The minimum Gasteiger partial charge on any atom is -0.370 e. The topological polar surface area (TPSA) is 45.2 Å². The molecule has 0 saturated carbocycles. The summed E-state index contributed by atoms with van der Waals surface area (Å²) < 4.78 is 0. The second-order valence-corrected chi connectivity index (χ2v) is 6.48. The predicted molar refractivity (Wildman–Crippen MR) is 111 cm³/mol. The van der Waals surface area contributed by atoms with Crippen LogP contribution in [0.25, 0.3) is 0 Å². The molecule has 0 saturated heterocycles. The average Bonchev–Trinajstić information content (AvgIpc) is 2.70. The molecule has 0 atom stereocenters. The first-order valence-electron chi connectivity index (χ1n) is 9.29. The molecule has 0 aliphatic rings. The van der Waals surface area contributed by atoms with Crippen molar-refractivity contribution in [1.82, 2.24) is 4.98 Å². The van der Waals surface area contributed by atoms with Crippen molar-refractivity contribution >= 4 is 17.4 Å². The highest BCUT2D eigenvalue weighted by Crippen LogP contribution is 2.19. The number of rotatable bonds is 7. The third kappa shape index (κ3) is 4.94. The molecule has 0 unspecified atom stereocenters. The Hall–Kier alpha value is -3.14. The van der Waals surface area contributed by atoms with Crippen molar-refractivity contribution in [3.05, 3.63) is 89.6 Å². The van der Waals surface area contributed by atoms with Gasteiger partial charge in [-0.3, -0.25) is 4.79 Å². The predicted octanol–water partition coefficient (Wildman–Crippen LogP) is 4.71. The van der Waals surface area contributed by atoms with Gasteiger partial charge in [0.05, 0.1) is 0 Å². The van der Waals surface area contributed by atoms with E-state index < -0.39 is 0 Å². The molecule has 1 amide bonds. The molecule has 2 aromatic carbocycles. The molecule has 27 heavy (non-hydrogen) atoms. The van der Waals surface area contributed by atoms with E-state index in [1.54, 1.807) is 17.2 Å². The molecule has 1 N–H and O–H groups in total. The molecular formula is C23H25N3O. The Morgan fingerprint density at radius 3 is 2.59 bits per heavy atom. The summed E-state index contributed by atoms with van der Waals surface area (Å²) in [6, 6.07) is 21.9. The summed E-state index contributed by atoms with van der Waals surface area (Å²) in [6.07, 6.45) is 2.59. The van der Waals surface area contributed by atoms with E-state index in [9.17, 15) is 4.79 Å². The minimum atomic E-state index is -0.0170. The molecule has 1 heterocycles. The van der Waals surface area contributed by atoms with Crippen LogP contribution >= 0.6 is 0 Å². The highest BCUT2D eigenvalue weighted by molar-refractivity contribution is 6.06. The number of amides is 1. The Bertz CT molecular complexity index is 893. The normalized spacial score (nSPS) is 10.4. The Labute approximate surface area is 160 Å². The van der Waals surface area contributed by atoms with Gasteiger partial charge in [-0.05, 0) is 55.7 Å². The summed E-state index contributed by atoms with van der Waals surface area (Å²) in [4.78, 5) is 19.1. The lowest BCUT2D eigenvalue weighted by Gasteiger charge is -2.21. The van der Waals surface area contributed by atoms with Gasteiger partial charge in [0.25, 0.3) is 5.91 Å². The van der Waals surface area contributed by atoms with Gasteiger partial charge >= 0.3 is 0 Å². The van der Waals surface area contributed by atoms with Gasteiger partial charge < -0.3 is 10.2 Å². The van der Waals surface area contributed by atoms with Gasteiger partial charge in [0, 0.05) is 30.5 Å². The van der Waals surface area contributed by atoms with Crippen LogP contribution in [-0.2, 0) is 6.42 Å². The van der Waals surface area contributed by atoms with Crippen molar-refractivity contribution in [2.45, 2.75) is 20.3 Å². The van der Waals surface area contributed by atoms with E-state index >= 15 is 0 Å². The van der Waals surface area contributed by atoms with Crippen LogP contribution in [-0.4, -0.2) is 24.0 Å². The molecular weight excluding hydrogens is 334 g/mol. The van der Waals surface area contributed by atoms with Crippen LogP contribution in [0.4, 0.5) is 11.5 Å². The third-order valence-corrected chi connectivity index (χ3v) is 4.44. The highest BCUT2D eigenvalue weighted by atomic mass is 16.2. The number of aryl methyl sites for hydroxylation is 1. The van der Waals surface area contributed by atoms with E-state index in [4.69, 9.17) is 0 Å². The van der Waals surface area contributed by atoms with Gasteiger partial charge in [-0.2, -0.15) is 0 Å².